The van der Waals surface area contributed by atoms with Gasteiger partial charge in [-0.15, -0.1) is 0 Å². The van der Waals surface area contributed by atoms with E-state index < -0.39 is 0 Å². The number of morpholine rings is 1. The van der Waals surface area contributed by atoms with Gasteiger partial charge >= 0.3 is 0 Å². The molecule has 0 aromatic rings. The van der Waals surface area contributed by atoms with Gasteiger partial charge in [-0.25, -0.2) is 0 Å². The average Bonchev–Trinajstić information content (AvgIpc) is 2.30. The van der Waals surface area contributed by atoms with Crippen LogP contribution in [0.3, 0.4) is 0 Å². The lowest BCUT2D eigenvalue weighted by atomic mass is 9.81. The van der Waals surface area contributed by atoms with E-state index in [2.05, 4.69) is 11.8 Å². The summed E-state index contributed by atoms with van der Waals surface area (Å²) in [6, 6.07) is 0.518. The lowest BCUT2D eigenvalue weighted by Crippen LogP contribution is -2.48. The molecule has 1 saturated heterocycles. The zero-order valence-corrected chi connectivity index (χ0v) is 9.69. The Labute approximate surface area is 92.4 Å². The van der Waals surface area contributed by atoms with E-state index in [1.54, 1.807) is 0 Å². The molecular weight excluding hydrogens is 190 g/mol. The molecule has 0 radical (unpaired) electrons. The molecule has 15 heavy (non-hydrogen) atoms. The van der Waals surface area contributed by atoms with Crippen molar-refractivity contribution in [3.8, 4) is 0 Å². The summed E-state index contributed by atoms with van der Waals surface area (Å²) in [5.41, 5.74) is 0. The van der Waals surface area contributed by atoms with Gasteiger partial charge in [0, 0.05) is 25.0 Å². The number of aliphatic hydroxyl groups is 1. The third kappa shape index (κ3) is 2.71. The Balaban J connectivity index is 1.89. The van der Waals surface area contributed by atoms with Gasteiger partial charge in [0.1, 0.15) is 0 Å². The molecule has 3 nitrogen and oxygen atoms in total. The molecule has 0 amide bonds. The van der Waals surface area contributed by atoms with Crippen LogP contribution in [0, 0.1) is 5.92 Å². The van der Waals surface area contributed by atoms with E-state index in [1.165, 1.54) is 19.3 Å². The largest absolute Gasteiger partial charge is 0.393 e. The number of rotatable bonds is 2. The van der Waals surface area contributed by atoms with Crippen LogP contribution in [0.4, 0.5) is 0 Å². The van der Waals surface area contributed by atoms with Crippen molar-refractivity contribution >= 4 is 0 Å². The monoisotopic (exact) mass is 213 g/mol. The Morgan fingerprint density at radius 2 is 1.87 bits per heavy atom. The van der Waals surface area contributed by atoms with E-state index in [4.69, 9.17) is 4.74 Å². The summed E-state index contributed by atoms with van der Waals surface area (Å²) in [5, 5.41) is 10.0. The second-order valence-corrected chi connectivity index (χ2v) is 4.90. The van der Waals surface area contributed by atoms with Crippen LogP contribution in [0.5, 0.6) is 0 Å². The van der Waals surface area contributed by atoms with E-state index in [0.29, 0.717) is 12.0 Å². The molecule has 1 saturated carbocycles. The summed E-state index contributed by atoms with van der Waals surface area (Å²) in [4.78, 5) is 2.47. The Hall–Kier alpha value is -0.120. The fourth-order valence-corrected chi connectivity index (χ4v) is 2.96. The quantitative estimate of drug-likeness (QED) is 0.749. The first-order valence-electron chi connectivity index (χ1n) is 6.29. The normalized spacial score (nSPS) is 36.4. The van der Waals surface area contributed by atoms with Gasteiger partial charge in [-0.1, -0.05) is 12.8 Å². The van der Waals surface area contributed by atoms with Gasteiger partial charge < -0.3 is 9.84 Å². The van der Waals surface area contributed by atoms with Gasteiger partial charge in [0.25, 0.3) is 0 Å². The number of nitrogens with zero attached hydrogens (tertiary/aromatic N) is 1. The predicted octanol–water partition coefficient (Wildman–Crippen LogP) is 1.26. The Bertz CT molecular complexity index is 192. The number of hydrogen-bond acceptors (Lipinski definition) is 3. The van der Waals surface area contributed by atoms with Gasteiger partial charge in [0.15, 0.2) is 0 Å². The van der Waals surface area contributed by atoms with Crippen molar-refractivity contribution in [2.75, 3.05) is 26.3 Å². The summed E-state index contributed by atoms with van der Waals surface area (Å²) in [7, 11) is 0. The number of aliphatic hydroxyl groups excluding tert-OH is 1. The van der Waals surface area contributed by atoms with Crippen molar-refractivity contribution in [2.24, 2.45) is 5.92 Å². The average molecular weight is 213 g/mol. The van der Waals surface area contributed by atoms with E-state index >= 15 is 0 Å². The van der Waals surface area contributed by atoms with Crippen molar-refractivity contribution in [1.29, 1.82) is 0 Å². The van der Waals surface area contributed by atoms with Crippen molar-refractivity contribution < 1.29 is 9.84 Å². The number of hydrogen-bond donors (Lipinski definition) is 1. The minimum atomic E-state index is -0.0726. The first-order valence-corrected chi connectivity index (χ1v) is 6.29. The van der Waals surface area contributed by atoms with E-state index in [1.807, 2.05) is 0 Å². The summed E-state index contributed by atoms with van der Waals surface area (Å²) in [6.45, 7) is 6.04. The van der Waals surface area contributed by atoms with Gasteiger partial charge in [-0.3, -0.25) is 4.90 Å². The Morgan fingerprint density at radius 3 is 2.53 bits per heavy atom. The lowest BCUT2D eigenvalue weighted by molar-refractivity contribution is -0.0287. The standard InChI is InChI=1S/C12H23NO2/c1-10(13-6-8-15-9-7-13)11-4-2-3-5-12(11)14/h10-12,14H,2-9H2,1H3. The molecule has 1 aliphatic heterocycles. The SMILES string of the molecule is CC(C1CCCCC1O)N1CCOCC1. The second kappa shape index (κ2) is 5.28. The van der Waals surface area contributed by atoms with E-state index in [0.717, 1.165) is 32.7 Å². The van der Waals surface area contributed by atoms with Gasteiger partial charge in [-0.2, -0.15) is 0 Å². The molecule has 0 aromatic heterocycles. The second-order valence-electron chi connectivity index (χ2n) is 4.90. The Kier molecular flexibility index (Phi) is 4.00. The highest BCUT2D eigenvalue weighted by molar-refractivity contribution is 4.84. The zero-order chi connectivity index (χ0) is 10.7. The van der Waals surface area contributed by atoms with Crippen LogP contribution in [-0.2, 0) is 4.74 Å². The minimum Gasteiger partial charge on any atom is -0.393 e. The molecule has 88 valence electrons. The zero-order valence-electron chi connectivity index (χ0n) is 9.69. The smallest absolute Gasteiger partial charge is 0.0594 e. The summed E-state index contributed by atoms with van der Waals surface area (Å²) in [5.74, 6) is 0.483. The van der Waals surface area contributed by atoms with Crippen LogP contribution in [0.25, 0.3) is 0 Å². The fraction of sp³-hybridized carbons (Fsp3) is 1.00. The maximum absolute atomic E-state index is 10.0. The van der Waals surface area contributed by atoms with Crippen LogP contribution in [0.15, 0.2) is 0 Å². The molecule has 2 fully saturated rings. The highest BCUT2D eigenvalue weighted by Crippen LogP contribution is 2.29. The first kappa shape index (κ1) is 11.4. The van der Waals surface area contributed by atoms with Gasteiger partial charge in [0.2, 0.25) is 0 Å². The highest BCUT2D eigenvalue weighted by Gasteiger charge is 2.31. The van der Waals surface area contributed by atoms with Crippen molar-refractivity contribution in [1.82, 2.24) is 4.90 Å². The van der Waals surface area contributed by atoms with Crippen LogP contribution in [-0.4, -0.2) is 48.5 Å². The molecule has 3 heteroatoms. The summed E-state index contributed by atoms with van der Waals surface area (Å²) in [6.07, 6.45) is 4.61. The summed E-state index contributed by atoms with van der Waals surface area (Å²) < 4.78 is 5.36. The predicted molar refractivity (Wildman–Crippen MR) is 59.8 cm³/mol. The maximum atomic E-state index is 10.0. The van der Waals surface area contributed by atoms with E-state index in [-0.39, 0.29) is 6.10 Å². The van der Waals surface area contributed by atoms with Crippen molar-refractivity contribution in [3.63, 3.8) is 0 Å². The molecule has 1 aliphatic carbocycles. The summed E-state index contributed by atoms with van der Waals surface area (Å²) >= 11 is 0. The van der Waals surface area contributed by atoms with Crippen LogP contribution in [0.1, 0.15) is 32.6 Å². The van der Waals surface area contributed by atoms with Crippen molar-refractivity contribution in [3.05, 3.63) is 0 Å². The first-order chi connectivity index (χ1) is 7.29. The molecule has 2 rings (SSSR count). The van der Waals surface area contributed by atoms with Gasteiger partial charge in [0.05, 0.1) is 19.3 Å². The third-order valence-corrected chi connectivity index (χ3v) is 4.02. The van der Waals surface area contributed by atoms with Crippen molar-refractivity contribution in [2.45, 2.75) is 44.8 Å². The minimum absolute atomic E-state index is 0.0726. The fourth-order valence-electron chi connectivity index (χ4n) is 2.96. The molecule has 3 unspecified atom stereocenters. The van der Waals surface area contributed by atoms with Crippen LogP contribution in [0.2, 0.25) is 0 Å². The molecule has 0 bridgehead atoms. The molecule has 3 atom stereocenters. The van der Waals surface area contributed by atoms with Crippen LogP contribution < -0.4 is 0 Å². The van der Waals surface area contributed by atoms with Crippen LogP contribution >= 0.6 is 0 Å². The molecular formula is C12H23NO2. The van der Waals surface area contributed by atoms with E-state index in [9.17, 15) is 5.11 Å². The molecule has 0 aromatic carbocycles. The molecule has 2 aliphatic rings. The molecule has 1 heterocycles. The molecule has 0 spiro atoms. The third-order valence-electron chi connectivity index (χ3n) is 4.02. The highest BCUT2D eigenvalue weighted by atomic mass is 16.5. The Morgan fingerprint density at radius 1 is 1.20 bits per heavy atom. The lowest BCUT2D eigenvalue weighted by Gasteiger charge is -2.40. The maximum Gasteiger partial charge on any atom is 0.0594 e. The topological polar surface area (TPSA) is 32.7 Å². The van der Waals surface area contributed by atoms with Gasteiger partial charge in [-0.05, 0) is 19.8 Å². The number of ether oxygens (including phenoxy) is 1. The molecule has 1 N–H and O–H groups in total.